The first kappa shape index (κ1) is 14.8. The van der Waals surface area contributed by atoms with Crippen molar-refractivity contribution in [3.63, 3.8) is 0 Å². The lowest BCUT2D eigenvalue weighted by atomic mass is 10.1. The predicted molar refractivity (Wildman–Crippen MR) is 96.1 cm³/mol. The zero-order valence-electron chi connectivity index (χ0n) is 11.7. The highest BCUT2D eigenvalue weighted by molar-refractivity contribution is 7.21. The maximum atomic E-state index is 5.82. The summed E-state index contributed by atoms with van der Waals surface area (Å²) in [6, 6.07) is 14.2. The molecule has 4 nitrogen and oxygen atoms in total. The third-order valence-electron chi connectivity index (χ3n) is 3.49. The number of amidine groups is 1. The van der Waals surface area contributed by atoms with Gasteiger partial charge in [-0.3, -0.25) is 4.99 Å². The highest BCUT2D eigenvalue weighted by atomic mass is 35.5. The van der Waals surface area contributed by atoms with Crippen LogP contribution in [0.4, 0.5) is 5.69 Å². The van der Waals surface area contributed by atoms with Crippen LogP contribution in [0.2, 0.25) is 0 Å². The average molecular weight is 331 g/mol. The van der Waals surface area contributed by atoms with E-state index in [4.69, 9.17) is 5.73 Å². The summed E-state index contributed by atoms with van der Waals surface area (Å²) >= 11 is 1.67. The molecule has 0 radical (unpaired) electrons. The maximum Gasteiger partial charge on any atom is 0.128 e. The minimum Gasteiger partial charge on any atom is -0.399 e. The van der Waals surface area contributed by atoms with E-state index < -0.39 is 0 Å². The van der Waals surface area contributed by atoms with E-state index >= 15 is 0 Å². The van der Waals surface area contributed by atoms with E-state index in [0.717, 1.165) is 51.0 Å². The largest absolute Gasteiger partial charge is 0.399 e. The number of aliphatic imine (C=N–C) groups is 1. The number of halogens is 1. The second kappa shape index (κ2) is 5.94. The van der Waals surface area contributed by atoms with Gasteiger partial charge < -0.3 is 11.1 Å². The van der Waals surface area contributed by atoms with E-state index in [1.165, 1.54) is 0 Å². The molecule has 1 aliphatic rings. The molecular weight excluding hydrogens is 316 g/mol. The number of rotatable bonds is 2. The molecule has 3 N–H and O–H groups in total. The summed E-state index contributed by atoms with van der Waals surface area (Å²) in [7, 11) is 0. The summed E-state index contributed by atoms with van der Waals surface area (Å²) in [5.74, 6) is 0.985. The molecule has 6 heteroatoms. The van der Waals surface area contributed by atoms with Crippen molar-refractivity contribution in [3.05, 3.63) is 48.0 Å². The maximum absolute atomic E-state index is 5.82. The van der Waals surface area contributed by atoms with Crippen LogP contribution in [-0.2, 0) is 0 Å². The Morgan fingerprint density at radius 1 is 1.05 bits per heavy atom. The van der Waals surface area contributed by atoms with Gasteiger partial charge >= 0.3 is 0 Å². The smallest absolute Gasteiger partial charge is 0.128 e. The van der Waals surface area contributed by atoms with Crippen LogP contribution in [0.15, 0.2) is 47.5 Å². The Morgan fingerprint density at radius 2 is 1.82 bits per heavy atom. The number of anilines is 1. The van der Waals surface area contributed by atoms with Gasteiger partial charge in [0.05, 0.1) is 16.8 Å². The molecular formula is C16H15ClN4S. The number of benzene rings is 2. The number of aromatic nitrogens is 1. The number of nitrogens with two attached hydrogens (primary N) is 1. The molecule has 3 aromatic rings. The molecule has 112 valence electrons. The lowest BCUT2D eigenvalue weighted by Gasteiger charge is -2.03. The van der Waals surface area contributed by atoms with Crippen LogP contribution >= 0.6 is 23.7 Å². The van der Waals surface area contributed by atoms with Crippen molar-refractivity contribution in [2.45, 2.75) is 0 Å². The molecule has 0 bridgehead atoms. The molecule has 0 spiro atoms. The summed E-state index contributed by atoms with van der Waals surface area (Å²) in [6.45, 7) is 1.78. The summed E-state index contributed by atoms with van der Waals surface area (Å²) in [6.07, 6.45) is 0. The standard InChI is InChI=1S/C16H14N4S.ClH/c17-12-5-6-13-14(9-12)21-16(20-13)11-3-1-10(2-4-11)15-18-7-8-19-15;/h1-6,9H,7-8,17H2,(H,18,19);1H. The molecule has 0 atom stereocenters. The van der Waals surface area contributed by atoms with Gasteiger partial charge in [-0.2, -0.15) is 0 Å². The van der Waals surface area contributed by atoms with Gasteiger partial charge in [0.25, 0.3) is 0 Å². The predicted octanol–water partition coefficient (Wildman–Crippen LogP) is 3.32. The van der Waals surface area contributed by atoms with Crippen molar-refractivity contribution >= 4 is 45.5 Å². The van der Waals surface area contributed by atoms with Crippen LogP contribution in [0.3, 0.4) is 0 Å². The summed E-state index contributed by atoms with van der Waals surface area (Å²) in [5, 5.41) is 4.30. The SMILES string of the molecule is Cl.Nc1ccc2nc(-c3ccc(C4=NCCN4)cc3)sc2c1. The van der Waals surface area contributed by atoms with Crippen LogP contribution in [-0.4, -0.2) is 23.9 Å². The monoisotopic (exact) mass is 330 g/mol. The Bertz CT molecular complexity index is 839. The third-order valence-corrected chi connectivity index (χ3v) is 4.56. The Balaban J connectivity index is 0.00000144. The highest BCUT2D eigenvalue weighted by Crippen LogP contribution is 2.31. The lowest BCUT2D eigenvalue weighted by Crippen LogP contribution is -2.19. The fraction of sp³-hybridized carbons (Fsp3) is 0.125. The number of nitrogen functional groups attached to an aromatic ring is 1. The number of fused-ring (bicyclic) bond motifs is 1. The zero-order chi connectivity index (χ0) is 14.2. The first-order valence-corrected chi connectivity index (χ1v) is 7.66. The van der Waals surface area contributed by atoms with E-state index in [0.29, 0.717) is 0 Å². The lowest BCUT2D eigenvalue weighted by molar-refractivity contribution is 0.960. The summed E-state index contributed by atoms with van der Waals surface area (Å²) < 4.78 is 1.12. The molecule has 4 rings (SSSR count). The topological polar surface area (TPSA) is 63.3 Å². The fourth-order valence-electron chi connectivity index (χ4n) is 2.43. The van der Waals surface area contributed by atoms with Gasteiger partial charge in [0, 0.05) is 23.4 Å². The minimum absolute atomic E-state index is 0. The summed E-state index contributed by atoms with van der Waals surface area (Å²) in [4.78, 5) is 9.10. The highest BCUT2D eigenvalue weighted by Gasteiger charge is 2.10. The molecule has 0 amide bonds. The molecule has 2 aromatic carbocycles. The van der Waals surface area contributed by atoms with Crippen molar-refractivity contribution in [2.75, 3.05) is 18.8 Å². The number of nitrogens with one attached hydrogen (secondary N) is 1. The van der Waals surface area contributed by atoms with E-state index in [-0.39, 0.29) is 12.4 Å². The number of nitrogens with zero attached hydrogens (tertiary/aromatic N) is 2. The normalized spacial score (nSPS) is 13.5. The van der Waals surface area contributed by atoms with Crippen LogP contribution < -0.4 is 11.1 Å². The van der Waals surface area contributed by atoms with Crippen LogP contribution in [0.1, 0.15) is 5.56 Å². The minimum atomic E-state index is 0. The number of hydrogen-bond acceptors (Lipinski definition) is 5. The van der Waals surface area contributed by atoms with Crippen LogP contribution in [0.5, 0.6) is 0 Å². The van der Waals surface area contributed by atoms with Crippen LogP contribution in [0.25, 0.3) is 20.8 Å². The van der Waals surface area contributed by atoms with Crippen molar-refractivity contribution in [2.24, 2.45) is 4.99 Å². The van der Waals surface area contributed by atoms with Gasteiger partial charge in [0.1, 0.15) is 10.8 Å². The Hall–Kier alpha value is -2.11. The van der Waals surface area contributed by atoms with Gasteiger partial charge in [-0.1, -0.05) is 24.3 Å². The molecule has 2 heterocycles. The zero-order valence-corrected chi connectivity index (χ0v) is 13.4. The summed E-state index contributed by atoms with van der Waals surface area (Å²) in [5.41, 5.74) is 9.84. The first-order valence-electron chi connectivity index (χ1n) is 6.85. The molecule has 0 saturated carbocycles. The fourth-order valence-corrected chi connectivity index (χ4v) is 3.45. The van der Waals surface area contributed by atoms with Crippen molar-refractivity contribution in [3.8, 4) is 10.6 Å². The van der Waals surface area contributed by atoms with Crippen molar-refractivity contribution < 1.29 is 0 Å². The quantitative estimate of drug-likeness (QED) is 0.708. The second-order valence-electron chi connectivity index (χ2n) is 4.98. The van der Waals surface area contributed by atoms with Gasteiger partial charge in [0.2, 0.25) is 0 Å². The van der Waals surface area contributed by atoms with Gasteiger partial charge in [-0.15, -0.1) is 23.7 Å². The van der Waals surface area contributed by atoms with Gasteiger partial charge in [-0.25, -0.2) is 4.98 Å². The molecule has 0 saturated heterocycles. The van der Waals surface area contributed by atoms with Crippen molar-refractivity contribution in [1.29, 1.82) is 0 Å². The molecule has 0 fully saturated rings. The number of thiazole rings is 1. The van der Waals surface area contributed by atoms with Gasteiger partial charge in [-0.05, 0) is 18.2 Å². The number of hydrogen-bond donors (Lipinski definition) is 2. The molecule has 1 aliphatic heterocycles. The van der Waals surface area contributed by atoms with E-state index in [9.17, 15) is 0 Å². The van der Waals surface area contributed by atoms with Gasteiger partial charge in [0.15, 0.2) is 0 Å². The Kier molecular flexibility index (Phi) is 4.00. The van der Waals surface area contributed by atoms with E-state index in [1.54, 1.807) is 11.3 Å². The second-order valence-corrected chi connectivity index (χ2v) is 6.01. The van der Waals surface area contributed by atoms with E-state index in [1.807, 2.05) is 18.2 Å². The van der Waals surface area contributed by atoms with Crippen molar-refractivity contribution in [1.82, 2.24) is 10.3 Å². The van der Waals surface area contributed by atoms with E-state index in [2.05, 4.69) is 39.6 Å². The van der Waals surface area contributed by atoms with Crippen LogP contribution in [0, 0.1) is 0 Å². The molecule has 0 unspecified atom stereocenters. The average Bonchev–Trinajstić information content (AvgIpc) is 3.16. The molecule has 0 aliphatic carbocycles. The third kappa shape index (κ3) is 2.65. The Labute approximate surface area is 138 Å². The first-order chi connectivity index (χ1) is 10.3. The molecule has 22 heavy (non-hydrogen) atoms. The molecule has 1 aromatic heterocycles. The Morgan fingerprint density at radius 3 is 2.55 bits per heavy atom.